The Balaban J connectivity index is 3.01. The van der Waals surface area contributed by atoms with E-state index in [1.807, 2.05) is 13.8 Å². The first-order chi connectivity index (χ1) is 8.79. The highest BCUT2D eigenvalue weighted by Crippen LogP contribution is 2.44. The van der Waals surface area contributed by atoms with Gasteiger partial charge in [-0.15, -0.1) is 11.6 Å². The molecule has 4 heteroatoms. The highest BCUT2D eigenvalue weighted by molar-refractivity contribution is 6.74. The summed E-state index contributed by atoms with van der Waals surface area (Å²) >= 11 is 6.53. The second-order valence-corrected chi connectivity index (χ2v) is 13.4. The lowest BCUT2D eigenvalue weighted by Gasteiger charge is -2.46. The SMILES string of the molecule is C=C(C)[C@H]1CC(=O)[C@@](C)(Cl)[C@H](O[Si](C)(C)C(C)(C)C)C1. The van der Waals surface area contributed by atoms with Crippen molar-refractivity contribution in [3.8, 4) is 0 Å². The summed E-state index contributed by atoms with van der Waals surface area (Å²) in [7, 11) is -1.94. The molecule has 0 aromatic heterocycles. The summed E-state index contributed by atoms with van der Waals surface area (Å²) in [5.74, 6) is 0.284. The number of alkyl halides is 1. The predicted molar refractivity (Wildman–Crippen MR) is 88.9 cm³/mol. The summed E-state index contributed by atoms with van der Waals surface area (Å²) in [6, 6.07) is 0. The Morgan fingerprint density at radius 1 is 1.45 bits per heavy atom. The van der Waals surface area contributed by atoms with Crippen molar-refractivity contribution in [1.82, 2.24) is 0 Å². The van der Waals surface area contributed by atoms with Crippen LogP contribution in [0.3, 0.4) is 0 Å². The number of hydrogen-bond acceptors (Lipinski definition) is 2. The minimum Gasteiger partial charge on any atom is -0.412 e. The van der Waals surface area contributed by atoms with Crippen LogP contribution >= 0.6 is 11.6 Å². The van der Waals surface area contributed by atoms with E-state index in [2.05, 4.69) is 40.4 Å². The lowest BCUT2D eigenvalue weighted by atomic mass is 9.76. The zero-order chi connectivity index (χ0) is 15.9. The molecule has 116 valence electrons. The van der Waals surface area contributed by atoms with Gasteiger partial charge in [0, 0.05) is 6.42 Å². The van der Waals surface area contributed by atoms with Gasteiger partial charge in [0.2, 0.25) is 0 Å². The molecule has 0 aromatic carbocycles. The summed E-state index contributed by atoms with van der Waals surface area (Å²) in [4.78, 5) is 11.4. The van der Waals surface area contributed by atoms with Crippen molar-refractivity contribution >= 4 is 25.7 Å². The van der Waals surface area contributed by atoms with Gasteiger partial charge in [0.15, 0.2) is 14.1 Å². The molecule has 0 radical (unpaired) electrons. The van der Waals surface area contributed by atoms with E-state index in [9.17, 15) is 4.79 Å². The summed E-state index contributed by atoms with van der Waals surface area (Å²) in [5, 5.41) is 0.110. The van der Waals surface area contributed by atoms with E-state index in [0.717, 1.165) is 12.0 Å². The number of halogens is 1. The smallest absolute Gasteiger partial charge is 0.192 e. The van der Waals surface area contributed by atoms with Gasteiger partial charge in [-0.05, 0) is 44.3 Å². The van der Waals surface area contributed by atoms with Gasteiger partial charge in [-0.25, -0.2) is 0 Å². The van der Waals surface area contributed by atoms with Crippen molar-refractivity contribution < 1.29 is 9.22 Å². The first-order valence-electron chi connectivity index (χ1n) is 7.34. The molecular weight excluding hydrogens is 288 g/mol. The topological polar surface area (TPSA) is 26.3 Å². The van der Waals surface area contributed by atoms with E-state index in [0.29, 0.717) is 6.42 Å². The maximum Gasteiger partial charge on any atom is 0.192 e. The number of Topliss-reactive ketones (excluding diaryl/α,β-unsaturated/α-hetero) is 1. The monoisotopic (exact) mass is 316 g/mol. The van der Waals surface area contributed by atoms with E-state index in [4.69, 9.17) is 16.0 Å². The molecule has 1 aliphatic rings. The maximum absolute atomic E-state index is 12.3. The van der Waals surface area contributed by atoms with Crippen LogP contribution in [0.5, 0.6) is 0 Å². The number of hydrogen-bond donors (Lipinski definition) is 0. The lowest BCUT2D eigenvalue weighted by molar-refractivity contribution is -0.127. The van der Waals surface area contributed by atoms with Crippen LogP contribution in [0.25, 0.3) is 0 Å². The molecule has 3 atom stereocenters. The van der Waals surface area contributed by atoms with Crippen LogP contribution in [0, 0.1) is 5.92 Å². The Bertz CT molecular complexity index is 407. The Kier molecular flexibility index (Phi) is 5.00. The highest BCUT2D eigenvalue weighted by Gasteiger charge is 2.50. The molecule has 0 heterocycles. The van der Waals surface area contributed by atoms with Gasteiger partial charge in [0.05, 0.1) is 6.10 Å². The third-order valence-corrected chi connectivity index (χ3v) is 9.96. The maximum atomic E-state index is 12.3. The van der Waals surface area contributed by atoms with Crippen molar-refractivity contribution in [2.24, 2.45) is 5.92 Å². The highest BCUT2D eigenvalue weighted by atomic mass is 35.5. The summed E-state index contributed by atoms with van der Waals surface area (Å²) in [6.07, 6.45) is 1.08. The summed E-state index contributed by atoms with van der Waals surface area (Å²) in [6.45, 7) is 18.8. The van der Waals surface area contributed by atoms with Gasteiger partial charge in [-0.1, -0.05) is 32.9 Å². The second-order valence-electron chi connectivity index (χ2n) is 7.85. The first kappa shape index (κ1) is 17.9. The zero-order valence-electron chi connectivity index (χ0n) is 14.0. The lowest BCUT2D eigenvalue weighted by Crippen LogP contribution is -2.55. The second kappa shape index (κ2) is 5.58. The number of carbonyl (C=O) groups excluding carboxylic acids is 1. The van der Waals surface area contributed by atoms with Gasteiger partial charge >= 0.3 is 0 Å². The van der Waals surface area contributed by atoms with Crippen LogP contribution in [0.1, 0.15) is 47.5 Å². The van der Waals surface area contributed by atoms with Gasteiger partial charge in [0.1, 0.15) is 4.87 Å². The molecule has 0 spiro atoms. The molecule has 2 nitrogen and oxygen atoms in total. The van der Waals surface area contributed by atoms with Crippen LogP contribution in [0.2, 0.25) is 18.1 Å². The number of allylic oxidation sites excluding steroid dienone is 1. The molecule has 1 aliphatic carbocycles. The van der Waals surface area contributed by atoms with Gasteiger partial charge in [-0.3, -0.25) is 4.79 Å². The fourth-order valence-corrected chi connectivity index (χ4v) is 3.91. The fraction of sp³-hybridized carbons (Fsp3) is 0.812. The molecule has 0 aliphatic heterocycles. The zero-order valence-corrected chi connectivity index (χ0v) is 15.7. The number of rotatable bonds is 3. The average molecular weight is 317 g/mol. The molecule has 1 fully saturated rings. The molecule has 0 N–H and O–H groups in total. The molecule has 1 rings (SSSR count). The molecule has 1 saturated carbocycles. The van der Waals surface area contributed by atoms with E-state index in [1.165, 1.54) is 0 Å². The van der Waals surface area contributed by atoms with Crippen LogP contribution in [0.15, 0.2) is 12.2 Å². The van der Waals surface area contributed by atoms with Crippen molar-refractivity contribution in [1.29, 1.82) is 0 Å². The van der Waals surface area contributed by atoms with Crippen LogP contribution in [-0.4, -0.2) is 25.1 Å². The first-order valence-corrected chi connectivity index (χ1v) is 10.6. The predicted octanol–water partition coefficient (Wildman–Crippen LogP) is 4.93. The van der Waals surface area contributed by atoms with E-state index in [-0.39, 0.29) is 22.8 Å². The van der Waals surface area contributed by atoms with E-state index >= 15 is 0 Å². The van der Waals surface area contributed by atoms with Crippen molar-refractivity contribution in [2.75, 3.05) is 0 Å². The van der Waals surface area contributed by atoms with Crippen molar-refractivity contribution in [2.45, 2.75) is 76.6 Å². The Labute approximate surface area is 130 Å². The summed E-state index contributed by atoms with van der Waals surface area (Å²) in [5.41, 5.74) is 1.05. The minimum atomic E-state index is -1.94. The molecule has 0 unspecified atom stereocenters. The van der Waals surface area contributed by atoms with Crippen molar-refractivity contribution in [3.63, 3.8) is 0 Å². The molecular formula is C16H29ClO2Si. The number of carbonyl (C=O) groups is 1. The number of ketones is 1. The normalized spacial score (nSPS) is 32.3. The Hall–Kier alpha value is -0.123. The van der Waals surface area contributed by atoms with Gasteiger partial charge < -0.3 is 4.43 Å². The third kappa shape index (κ3) is 3.55. The van der Waals surface area contributed by atoms with Crippen LogP contribution in [0.4, 0.5) is 0 Å². The van der Waals surface area contributed by atoms with Crippen LogP contribution in [-0.2, 0) is 9.22 Å². The Morgan fingerprint density at radius 3 is 2.35 bits per heavy atom. The standard InChI is InChI=1S/C16H29ClO2Si/c1-11(2)12-9-13(18)16(6,17)14(10-12)19-20(7,8)15(3,4)5/h12,14H,1,9-10H2,2-8H3/t12-,14+,16+/m0/s1. The summed E-state index contributed by atoms with van der Waals surface area (Å²) < 4.78 is 6.45. The quantitative estimate of drug-likeness (QED) is 0.419. The van der Waals surface area contributed by atoms with Gasteiger partial charge in [0.25, 0.3) is 0 Å². The largest absolute Gasteiger partial charge is 0.412 e. The average Bonchev–Trinajstić information content (AvgIpc) is 2.22. The Morgan fingerprint density at radius 2 is 1.95 bits per heavy atom. The van der Waals surface area contributed by atoms with Crippen molar-refractivity contribution in [3.05, 3.63) is 12.2 Å². The molecule has 0 amide bonds. The minimum absolute atomic E-state index is 0.0853. The fourth-order valence-electron chi connectivity index (χ4n) is 2.23. The molecule has 20 heavy (non-hydrogen) atoms. The van der Waals surface area contributed by atoms with Gasteiger partial charge in [-0.2, -0.15) is 0 Å². The molecule has 0 saturated heterocycles. The van der Waals surface area contributed by atoms with E-state index < -0.39 is 13.2 Å². The van der Waals surface area contributed by atoms with E-state index in [1.54, 1.807) is 0 Å². The third-order valence-electron chi connectivity index (χ3n) is 5.02. The van der Waals surface area contributed by atoms with Crippen LogP contribution < -0.4 is 0 Å². The molecule has 0 aromatic rings. The molecule has 0 bridgehead atoms.